The van der Waals surface area contributed by atoms with Crippen LogP contribution in [0.25, 0.3) is 0 Å². The van der Waals surface area contributed by atoms with Gasteiger partial charge in [0.25, 0.3) is 0 Å². The summed E-state index contributed by atoms with van der Waals surface area (Å²) in [6.45, 7) is 4.00. The summed E-state index contributed by atoms with van der Waals surface area (Å²) in [5.74, 6) is 2.04. The first-order chi connectivity index (χ1) is 10.8. The molecule has 1 aliphatic heterocycles. The van der Waals surface area contributed by atoms with E-state index in [1.807, 2.05) is 25.4 Å². The van der Waals surface area contributed by atoms with E-state index in [2.05, 4.69) is 29.7 Å². The largest absolute Gasteiger partial charge is 0.353 e. The Morgan fingerprint density at radius 1 is 1.14 bits per heavy atom. The third-order valence-corrected chi connectivity index (χ3v) is 4.39. The van der Waals surface area contributed by atoms with Gasteiger partial charge in [0.1, 0.15) is 18.0 Å². The normalized spacial score (nSPS) is 21.1. The number of nitrogens with zero attached hydrogens (tertiary/aromatic N) is 6. The van der Waals surface area contributed by atoms with Crippen LogP contribution in [0.4, 0.5) is 11.6 Å². The molecule has 2 aliphatic rings. The second-order valence-electron chi connectivity index (χ2n) is 6.11. The number of anilines is 2. The molecular weight excluding hydrogens is 276 g/mol. The molecule has 0 aromatic carbocycles. The molecule has 22 heavy (non-hydrogen) atoms. The van der Waals surface area contributed by atoms with Gasteiger partial charge in [-0.3, -0.25) is 4.98 Å². The highest BCUT2D eigenvalue weighted by Crippen LogP contribution is 2.35. The lowest BCUT2D eigenvalue weighted by molar-refractivity contribution is 0.624. The molecule has 6 heteroatoms. The van der Waals surface area contributed by atoms with Crippen LogP contribution in [-0.4, -0.2) is 45.1 Å². The van der Waals surface area contributed by atoms with Crippen LogP contribution in [0.15, 0.2) is 31.0 Å². The molecule has 4 rings (SSSR count). The highest BCUT2D eigenvalue weighted by molar-refractivity contribution is 5.46. The maximum absolute atomic E-state index is 4.60. The summed E-state index contributed by atoms with van der Waals surface area (Å²) in [6.07, 6.45) is 10.8. The number of aryl methyl sites for hydroxylation is 1. The smallest absolute Gasteiger partial charge is 0.147 e. The molecule has 0 radical (unpaired) electrons. The summed E-state index contributed by atoms with van der Waals surface area (Å²) in [5, 5.41) is 0. The standard InChI is InChI=1S/C16H20N6/c1-12-8-18-9-16(20-12)21-7-5-14(10-21)22(13-2-3-13)15-4-6-17-11-19-15/h4,6,8-9,11,13-14H,2-3,5,7,10H2,1H3. The van der Waals surface area contributed by atoms with Gasteiger partial charge in [0, 0.05) is 37.6 Å². The molecule has 114 valence electrons. The van der Waals surface area contributed by atoms with Gasteiger partial charge >= 0.3 is 0 Å². The van der Waals surface area contributed by atoms with Crippen molar-refractivity contribution in [1.82, 2.24) is 19.9 Å². The predicted molar refractivity (Wildman–Crippen MR) is 84.9 cm³/mol. The SMILES string of the molecule is Cc1cncc(N2CCC(N(c3ccncn3)C3CC3)C2)n1. The van der Waals surface area contributed by atoms with Crippen molar-refractivity contribution in [2.45, 2.75) is 38.3 Å². The average Bonchev–Trinajstić information content (AvgIpc) is 3.25. The lowest BCUT2D eigenvalue weighted by Gasteiger charge is -2.30. The van der Waals surface area contributed by atoms with Crippen LogP contribution in [0.3, 0.4) is 0 Å². The van der Waals surface area contributed by atoms with Gasteiger partial charge in [-0.15, -0.1) is 0 Å². The van der Waals surface area contributed by atoms with Crippen molar-refractivity contribution >= 4 is 11.6 Å². The number of hydrogen-bond acceptors (Lipinski definition) is 6. The van der Waals surface area contributed by atoms with Gasteiger partial charge in [-0.25, -0.2) is 15.0 Å². The highest BCUT2D eigenvalue weighted by atomic mass is 15.3. The van der Waals surface area contributed by atoms with E-state index >= 15 is 0 Å². The van der Waals surface area contributed by atoms with Crippen LogP contribution in [0.5, 0.6) is 0 Å². The second kappa shape index (κ2) is 5.51. The Morgan fingerprint density at radius 2 is 2.05 bits per heavy atom. The zero-order valence-electron chi connectivity index (χ0n) is 12.8. The number of aromatic nitrogens is 4. The number of rotatable bonds is 4. The molecule has 3 heterocycles. The van der Waals surface area contributed by atoms with E-state index in [1.54, 1.807) is 12.5 Å². The zero-order chi connectivity index (χ0) is 14.9. The fourth-order valence-electron chi connectivity index (χ4n) is 3.24. The Kier molecular flexibility index (Phi) is 3.36. The van der Waals surface area contributed by atoms with Crippen molar-refractivity contribution < 1.29 is 0 Å². The molecule has 0 spiro atoms. The predicted octanol–water partition coefficient (Wildman–Crippen LogP) is 1.82. The molecule has 0 N–H and O–H groups in total. The quantitative estimate of drug-likeness (QED) is 0.858. The molecule has 6 nitrogen and oxygen atoms in total. The molecule has 1 saturated heterocycles. The topological polar surface area (TPSA) is 58.0 Å². The van der Waals surface area contributed by atoms with Gasteiger partial charge in [0.15, 0.2) is 0 Å². The van der Waals surface area contributed by atoms with Crippen LogP contribution in [0.1, 0.15) is 25.0 Å². The Labute approximate surface area is 130 Å². The Hall–Kier alpha value is -2.24. The molecule has 0 amide bonds. The molecular formula is C16H20N6. The van der Waals surface area contributed by atoms with E-state index < -0.39 is 0 Å². The fraction of sp³-hybridized carbons (Fsp3) is 0.500. The first kappa shape index (κ1) is 13.4. The van der Waals surface area contributed by atoms with Crippen LogP contribution < -0.4 is 9.80 Å². The van der Waals surface area contributed by atoms with Crippen molar-refractivity contribution in [2.75, 3.05) is 22.9 Å². The van der Waals surface area contributed by atoms with Crippen molar-refractivity contribution in [2.24, 2.45) is 0 Å². The Bertz CT molecular complexity index is 642. The molecule has 2 aromatic heterocycles. The number of hydrogen-bond donors (Lipinski definition) is 0. The van der Waals surface area contributed by atoms with Gasteiger partial charge in [0.2, 0.25) is 0 Å². The summed E-state index contributed by atoms with van der Waals surface area (Å²) in [4.78, 5) is 22.2. The third-order valence-electron chi connectivity index (χ3n) is 4.39. The highest BCUT2D eigenvalue weighted by Gasteiger charge is 2.38. The molecule has 1 atom stereocenters. The van der Waals surface area contributed by atoms with Crippen LogP contribution in [-0.2, 0) is 0 Å². The Morgan fingerprint density at radius 3 is 2.77 bits per heavy atom. The average molecular weight is 296 g/mol. The van der Waals surface area contributed by atoms with Crippen molar-refractivity contribution in [3.63, 3.8) is 0 Å². The minimum absolute atomic E-state index is 0.490. The van der Waals surface area contributed by atoms with Gasteiger partial charge in [-0.2, -0.15) is 0 Å². The van der Waals surface area contributed by atoms with Gasteiger partial charge in [-0.05, 0) is 32.3 Å². The van der Waals surface area contributed by atoms with Crippen molar-refractivity contribution in [3.8, 4) is 0 Å². The summed E-state index contributed by atoms with van der Waals surface area (Å²) in [6, 6.07) is 3.15. The summed E-state index contributed by atoms with van der Waals surface area (Å²) < 4.78 is 0. The molecule has 2 fully saturated rings. The summed E-state index contributed by atoms with van der Waals surface area (Å²) >= 11 is 0. The van der Waals surface area contributed by atoms with E-state index in [-0.39, 0.29) is 0 Å². The van der Waals surface area contributed by atoms with Crippen LogP contribution in [0.2, 0.25) is 0 Å². The second-order valence-corrected chi connectivity index (χ2v) is 6.11. The van der Waals surface area contributed by atoms with Crippen LogP contribution in [0, 0.1) is 6.92 Å². The van der Waals surface area contributed by atoms with Crippen molar-refractivity contribution in [3.05, 3.63) is 36.7 Å². The summed E-state index contributed by atoms with van der Waals surface area (Å²) in [7, 11) is 0. The van der Waals surface area contributed by atoms with Gasteiger partial charge in [-0.1, -0.05) is 0 Å². The lowest BCUT2D eigenvalue weighted by atomic mass is 10.2. The maximum Gasteiger partial charge on any atom is 0.147 e. The van der Waals surface area contributed by atoms with Gasteiger partial charge in [0.05, 0.1) is 11.9 Å². The minimum atomic E-state index is 0.490. The van der Waals surface area contributed by atoms with E-state index in [4.69, 9.17) is 0 Å². The van der Waals surface area contributed by atoms with E-state index in [0.29, 0.717) is 12.1 Å². The van der Waals surface area contributed by atoms with E-state index in [9.17, 15) is 0 Å². The molecule has 1 aliphatic carbocycles. The molecule has 2 aromatic rings. The fourth-order valence-corrected chi connectivity index (χ4v) is 3.24. The molecule has 1 saturated carbocycles. The zero-order valence-corrected chi connectivity index (χ0v) is 12.8. The van der Waals surface area contributed by atoms with Crippen molar-refractivity contribution in [1.29, 1.82) is 0 Å². The van der Waals surface area contributed by atoms with Crippen LogP contribution >= 0.6 is 0 Å². The van der Waals surface area contributed by atoms with E-state index in [1.165, 1.54) is 12.8 Å². The first-order valence-electron chi connectivity index (χ1n) is 7.89. The van der Waals surface area contributed by atoms with Gasteiger partial charge < -0.3 is 9.80 Å². The third kappa shape index (κ3) is 2.61. The maximum atomic E-state index is 4.60. The monoisotopic (exact) mass is 296 g/mol. The first-order valence-corrected chi connectivity index (χ1v) is 7.89. The summed E-state index contributed by atoms with van der Waals surface area (Å²) in [5.41, 5.74) is 0.968. The Balaban J connectivity index is 1.53. The molecule has 0 bridgehead atoms. The lowest BCUT2D eigenvalue weighted by Crippen LogP contribution is -2.40. The minimum Gasteiger partial charge on any atom is -0.353 e. The van der Waals surface area contributed by atoms with E-state index in [0.717, 1.165) is 36.8 Å². The molecule has 1 unspecified atom stereocenters.